The molecule has 0 unspecified atom stereocenters. The number of hydrogen-bond acceptors (Lipinski definition) is 8. The Morgan fingerprint density at radius 3 is 2.29 bits per heavy atom. The molecule has 0 radical (unpaired) electrons. The predicted octanol–water partition coefficient (Wildman–Crippen LogP) is 3.46. The van der Waals surface area contributed by atoms with Crippen molar-refractivity contribution in [1.82, 2.24) is 0 Å². The molecule has 9 nitrogen and oxygen atoms in total. The van der Waals surface area contributed by atoms with Crippen molar-refractivity contribution in [3.05, 3.63) is 69.8 Å². The van der Waals surface area contributed by atoms with Gasteiger partial charge in [-0.2, -0.15) is 0 Å². The maximum atomic E-state index is 13.4. The first-order valence-corrected chi connectivity index (χ1v) is 10.3. The molecule has 0 bridgehead atoms. The lowest BCUT2D eigenvalue weighted by Crippen LogP contribution is -2.37. The molecule has 0 spiro atoms. The lowest BCUT2D eigenvalue weighted by molar-refractivity contribution is -0.149. The second kappa shape index (κ2) is 7.87. The van der Waals surface area contributed by atoms with Gasteiger partial charge in [-0.05, 0) is 32.1 Å². The first-order valence-electron chi connectivity index (χ1n) is 10.3. The fraction of sp³-hybridized carbons (Fsp3) is 0.200. The van der Waals surface area contributed by atoms with Gasteiger partial charge in [-0.15, -0.1) is 0 Å². The highest BCUT2D eigenvalue weighted by atomic mass is 16.7. The zero-order valence-corrected chi connectivity index (χ0v) is 18.5. The smallest absolute Gasteiger partial charge is 0.311 e. The number of carbonyl (C=O) groups excluding carboxylic acids is 3. The summed E-state index contributed by atoms with van der Waals surface area (Å²) < 4.78 is 11.0. The zero-order chi connectivity index (χ0) is 24.9. The molecule has 0 saturated heterocycles. The molecule has 1 atom stereocenters. The quantitative estimate of drug-likeness (QED) is 0.293. The van der Waals surface area contributed by atoms with Crippen molar-refractivity contribution in [1.29, 1.82) is 0 Å². The number of aromatic hydroxyl groups is 2. The van der Waals surface area contributed by atoms with Crippen LogP contribution in [0.3, 0.4) is 0 Å². The molecule has 0 aromatic heterocycles. The Kier molecular flexibility index (Phi) is 5.28. The van der Waals surface area contributed by atoms with E-state index in [4.69, 9.17) is 14.6 Å². The SMILES string of the molecule is C/C=C/C=C/C(=O)c1cc2c(c(C)c1O)C(=O)c1cc3c(c(O)c1C2=O)O[C@@](C)(CC(=O)O)O3. The molecule has 2 aromatic rings. The Morgan fingerprint density at radius 2 is 1.65 bits per heavy atom. The number of hydrogen-bond donors (Lipinski definition) is 3. The van der Waals surface area contributed by atoms with E-state index in [1.54, 1.807) is 19.1 Å². The second-order valence-corrected chi connectivity index (χ2v) is 8.11. The molecule has 1 aliphatic carbocycles. The number of phenols is 2. The van der Waals surface area contributed by atoms with E-state index in [0.29, 0.717) is 0 Å². The average molecular weight is 464 g/mol. The topological polar surface area (TPSA) is 147 Å². The van der Waals surface area contributed by atoms with Crippen molar-refractivity contribution in [2.45, 2.75) is 33.0 Å². The van der Waals surface area contributed by atoms with E-state index in [2.05, 4.69) is 0 Å². The van der Waals surface area contributed by atoms with Gasteiger partial charge in [0.15, 0.2) is 28.8 Å². The van der Waals surface area contributed by atoms with Crippen molar-refractivity contribution < 1.29 is 44.0 Å². The van der Waals surface area contributed by atoms with Gasteiger partial charge in [0.25, 0.3) is 5.79 Å². The molecule has 4 rings (SSSR count). The van der Waals surface area contributed by atoms with Crippen molar-refractivity contribution in [2.24, 2.45) is 0 Å². The second-order valence-electron chi connectivity index (χ2n) is 8.11. The van der Waals surface area contributed by atoms with Gasteiger partial charge < -0.3 is 24.8 Å². The minimum Gasteiger partial charge on any atom is -0.507 e. The summed E-state index contributed by atoms with van der Waals surface area (Å²) in [5, 5.41) is 30.5. The minimum atomic E-state index is -1.65. The van der Waals surface area contributed by atoms with Crippen LogP contribution >= 0.6 is 0 Å². The summed E-state index contributed by atoms with van der Waals surface area (Å²) >= 11 is 0. The van der Waals surface area contributed by atoms with Crippen LogP contribution in [0.1, 0.15) is 68.0 Å². The number of aliphatic carboxylic acids is 1. The number of phenolic OH excluding ortho intramolecular Hbond substituents is 2. The zero-order valence-electron chi connectivity index (χ0n) is 18.5. The Hall–Kier alpha value is -4.40. The third-order valence-corrected chi connectivity index (χ3v) is 5.64. The van der Waals surface area contributed by atoms with E-state index in [1.807, 2.05) is 0 Å². The van der Waals surface area contributed by atoms with Crippen LogP contribution in [0.15, 0.2) is 36.4 Å². The van der Waals surface area contributed by atoms with E-state index in [1.165, 1.54) is 32.1 Å². The molecule has 2 aliphatic rings. The van der Waals surface area contributed by atoms with Gasteiger partial charge >= 0.3 is 5.97 Å². The molecule has 2 aromatic carbocycles. The van der Waals surface area contributed by atoms with Gasteiger partial charge in [0, 0.05) is 29.2 Å². The molecular formula is C25H20O9. The highest BCUT2D eigenvalue weighted by molar-refractivity contribution is 6.31. The Morgan fingerprint density at radius 1 is 1.00 bits per heavy atom. The van der Waals surface area contributed by atoms with Gasteiger partial charge in [0.05, 0.1) is 11.1 Å². The fourth-order valence-electron chi connectivity index (χ4n) is 4.11. The molecular weight excluding hydrogens is 444 g/mol. The number of carbonyl (C=O) groups is 4. The van der Waals surface area contributed by atoms with Crippen LogP contribution in [0.5, 0.6) is 23.0 Å². The van der Waals surface area contributed by atoms with Gasteiger partial charge in [-0.25, -0.2) is 0 Å². The fourth-order valence-corrected chi connectivity index (χ4v) is 4.11. The van der Waals surface area contributed by atoms with E-state index in [-0.39, 0.29) is 44.9 Å². The molecule has 0 saturated carbocycles. The largest absolute Gasteiger partial charge is 0.507 e. The van der Waals surface area contributed by atoms with E-state index in [0.717, 1.165) is 6.07 Å². The number of allylic oxidation sites excluding steroid dienone is 4. The molecule has 3 N–H and O–H groups in total. The summed E-state index contributed by atoms with van der Waals surface area (Å²) in [5.74, 6) is -6.32. The summed E-state index contributed by atoms with van der Waals surface area (Å²) in [6.07, 6.45) is 5.44. The number of carboxylic acid groups (broad SMARTS) is 1. The van der Waals surface area contributed by atoms with Crippen LogP contribution in [0, 0.1) is 6.92 Å². The maximum Gasteiger partial charge on any atom is 0.311 e. The molecule has 0 fully saturated rings. The van der Waals surface area contributed by atoms with E-state index in [9.17, 15) is 29.4 Å². The molecule has 9 heteroatoms. The molecule has 1 heterocycles. The van der Waals surface area contributed by atoms with Crippen molar-refractivity contribution in [3.63, 3.8) is 0 Å². The van der Waals surface area contributed by atoms with Crippen LogP contribution in [0.2, 0.25) is 0 Å². The number of ketones is 3. The summed E-state index contributed by atoms with van der Waals surface area (Å²) in [5.41, 5.74) is -0.930. The Labute approximate surface area is 193 Å². The van der Waals surface area contributed by atoms with Crippen LogP contribution in [-0.2, 0) is 4.79 Å². The van der Waals surface area contributed by atoms with E-state index >= 15 is 0 Å². The van der Waals surface area contributed by atoms with Crippen molar-refractivity contribution >= 4 is 23.3 Å². The summed E-state index contributed by atoms with van der Waals surface area (Å²) in [4.78, 5) is 50.5. The van der Waals surface area contributed by atoms with Crippen LogP contribution in [0.25, 0.3) is 0 Å². The average Bonchev–Trinajstić information content (AvgIpc) is 3.09. The molecule has 0 amide bonds. The lowest BCUT2D eigenvalue weighted by Gasteiger charge is -2.22. The maximum absolute atomic E-state index is 13.4. The third kappa shape index (κ3) is 3.42. The number of benzene rings is 2. The number of rotatable bonds is 5. The first-order chi connectivity index (χ1) is 16.0. The summed E-state index contributed by atoms with van der Waals surface area (Å²) in [7, 11) is 0. The van der Waals surface area contributed by atoms with Gasteiger partial charge in [-0.3, -0.25) is 19.2 Å². The molecule has 174 valence electrons. The monoisotopic (exact) mass is 464 g/mol. The number of ether oxygens (including phenoxy) is 2. The molecule has 1 aliphatic heterocycles. The van der Waals surface area contributed by atoms with Crippen molar-refractivity contribution in [2.75, 3.05) is 0 Å². The Bertz CT molecular complexity index is 1360. The van der Waals surface area contributed by atoms with Crippen LogP contribution in [0.4, 0.5) is 0 Å². The van der Waals surface area contributed by atoms with Gasteiger partial charge in [0.2, 0.25) is 5.75 Å². The van der Waals surface area contributed by atoms with Crippen LogP contribution < -0.4 is 9.47 Å². The van der Waals surface area contributed by atoms with Gasteiger partial charge in [-0.1, -0.05) is 18.2 Å². The summed E-state index contributed by atoms with van der Waals surface area (Å²) in [6, 6.07) is 2.33. The highest BCUT2D eigenvalue weighted by Crippen LogP contribution is 2.51. The predicted molar refractivity (Wildman–Crippen MR) is 118 cm³/mol. The lowest BCUT2D eigenvalue weighted by atomic mass is 9.79. The number of fused-ring (bicyclic) bond motifs is 3. The van der Waals surface area contributed by atoms with E-state index < -0.39 is 47.0 Å². The van der Waals surface area contributed by atoms with Crippen molar-refractivity contribution in [3.8, 4) is 23.0 Å². The third-order valence-electron chi connectivity index (χ3n) is 5.64. The highest BCUT2D eigenvalue weighted by Gasteiger charge is 2.45. The summed E-state index contributed by atoms with van der Waals surface area (Å²) in [6.45, 7) is 4.52. The minimum absolute atomic E-state index is 0.0390. The first kappa shape index (κ1) is 22.8. The van der Waals surface area contributed by atoms with Crippen LogP contribution in [-0.4, -0.2) is 44.4 Å². The standard InChI is InChI=1S/C25H20O9/c1-4-5-6-7-15(26)12-8-13-18(11(2)20(12)29)21(30)14-9-16-24(23(32)19(14)22(13)31)34-25(3,33-16)10-17(27)28/h4-9,29,32H,10H2,1-3H3,(H,27,28)/b5-4+,7-6+/t25-/m0/s1. The Balaban J connectivity index is 1.86. The number of carboxylic acids is 1. The van der Waals surface area contributed by atoms with Gasteiger partial charge in [0.1, 0.15) is 12.2 Å². The molecule has 34 heavy (non-hydrogen) atoms. The normalized spacial score (nSPS) is 18.4.